The zero-order chi connectivity index (χ0) is 15.4. The molecule has 0 unspecified atom stereocenters. The molecule has 0 aromatic heterocycles. The quantitative estimate of drug-likeness (QED) is 0.785. The normalized spacial score (nSPS) is 24.2. The smallest absolute Gasteiger partial charge is 0.336 e. The van der Waals surface area contributed by atoms with E-state index in [4.69, 9.17) is 14.2 Å². The molecule has 2 atom stereocenters. The van der Waals surface area contributed by atoms with Crippen molar-refractivity contribution >= 4 is 5.97 Å². The second kappa shape index (κ2) is 7.07. The number of hydrogen-bond donors (Lipinski definition) is 0. The molecule has 3 rings (SSSR count). The maximum atomic E-state index is 12.4. The van der Waals surface area contributed by atoms with Gasteiger partial charge in [-0.3, -0.25) is 0 Å². The van der Waals surface area contributed by atoms with E-state index < -0.39 is 0 Å². The van der Waals surface area contributed by atoms with Crippen LogP contribution in [0.5, 0.6) is 0 Å². The van der Waals surface area contributed by atoms with Crippen molar-refractivity contribution in [2.75, 3.05) is 19.8 Å². The van der Waals surface area contributed by atoms with E-state index >= 15 is 0 Å². The van der Waals surface area contributed by atoms with Crippen LogP contribution in [0.15, 0.2) is 41.5 Å². The van der Waals surface area contributed by atoms with Crippen LogP contribution in [0.4, 0.5) is 0 Å². The Balaban J connectivity index is 1.68. The molecular weight excluding hydrogens is 280 g/mol. The number of benzene rings is 1. The van der Waals surface area contributed by atoms with Crippen LogP contribution in [-0.2, 0) is 25.6 Å². The molecule has 22 heavy (non-hydrogen) atoms. The minimum Gasteiger partial charge on any atom is -0.457 e. The third-order valence-corrected chi connectivity index (χ3v) is 4.31. The number of carbonyl (C=O) groups excluding carboxylic acids is 1. The van der Waals surface area contributed by atoms with Crippen LogP contribution in [-0.4, -0.2) is 31.9 Å². The fourth-order valence-corrected chi connectivity index (χ4v) is 3.11. The summed E-state index contributed by atoms with van der Waals surface area (Å²) >= 11 is 0. The molecule has 2 aliphatic rings. The maximum Gasteiger partial charge on any atom is 0.336 e. The van der Waals surface area contributed by atoms with Gasteiger partial charge in [0.25, 0.3) is 0 Å². The molecule has 1 aromatic rings. The van der Waals surface area contributed by atoms with Crippen molar-refractivity contribution in [3.63, 3.8) is 0 Å². The predicted octanol–water partition coefficient (Wildman–Crippen LogP) is 2.87. The number of rotatable bonds is 5. The lowest BCUT2D eigenvalue weighted by atomic mass is 9.88. The van der Waals surface area contributed by atoms with Gasteiger partial charge in [-0.05, 0) is 17.6 Å². The summed E-state index contributed by atoms with van der Waals surface area (Å²) in [5, 5.41) is 0. The first-order chi connectivity index (χ1) is 10.8. The highest BCUT2D eigenvalue weighted by Crippen LogP contribution is 2.34. The summed E-state index contributed by atoms with van der Waals surface area (Å²) in [6, 6.07) is 9.71. The van der Waals surface area contributed by atoms with Crippen LogP contribution in [0.1, 0.15) is 25.3 Å². The van der Waals surface area contributed by atoms with E-state index in [9.17, 15) is 4.79 Å². The van der Waals surface area contributed by atoms with Crippen LogP contribution in [0.3, 0.4) is 0 Å². The largest absolute Gasteiger partial charge is 0.457 e. The molecule has 1 saturated heterocycles. The van der Waals surface area contributed by atoms with E-state index in [1.807, 2.05) is 30.3 Å². The van der Waals surface area contributed by atoms with Gasteiger partial charge in [0.05, 0.1) is 31.5 Å². The lowest BCUT2D eigenvalue weighted by Gasteiger charge is -2.30. The fourth-order valence-electron chi connectivity index (χ4n) is 3.11. The minimum absolute atomic E-state index is 0.174. The van der Waals surface area contributed by atoms with Gasteiger partial charge in [-0.25, -0.2) is 4.79 Å². The third-order valence-electron chi connectivity index (χ3n) is 4.31. The Labute approximate surface area is 131 Å². The van der Waals surface area contributed by atoms with Crippen molar-refractivity contribution in [1.82, 2.24) is 0 Å². The Bertz CT molecular complexity index is 549. The van der Waals surface area contributed by atoms with Crippen LogP contribution in [0.25, 0.3) is 0 Å². The highest BCUT2D eigenvalue weighted by Gasteiger charge is 2.38. The topological polar surface area (TPSA) is 44.8 Å². The Kier molecular flexibility index (Phi) is 4.90. The first kappa shape index (κ1) is 15.3. The lowest BCUT2D eigenvalue weighted by molar-refractivity contribution is -0.142. The highest BCUT2D eigenvalue weighted by atomic mass is 16.5. The predicted molar refractivity (Wildman–Crippen MR) is 82.2 cm³/mol. The van der Waals surface area contributed by atoms with Gasteiger partial charge >= 0.3 is 5.97 Å². The third kappa shape index (κ3) is 3.23. The molecule has 0 spiro atoms. The van der Waals surface area contributed by atoms with Crippen molar-refractivity contribution < 1.29 is 19.0 Å². The van der Waals surface area contributed by atoms with Gasteiger partial charge in [-0.15, -0.1) is 0 Å². The van der Waals surface area contributed by atoms with E-state index in [1.165, 1.54) is 0 Å². The monoisotopic (exact) mass is 302 g/mol. The average Bonchev–Trinajstić information content (AvgIpc) is 3.04. The lowest BCUT2D eigenvalue weighted by Crippen LogP contribution is -2.34. The van der Waals surface area contributed by atoms with Crippen molar-refractivity contribution in [2.45, 2.75) is 32.5 Å². The van der Waals surface area contributed by atoms with Gasteiger partial charge in [-0.2, -0.15) is 0 Å². The van der Waals surface area contributed by atoms with Gasteiger partial charge in [0.1, 0.15) is 6.61 Å². The molecule has 1 aromatic carbocycles. The first-order valence-corrected chi connectivity index (χ1v) is 7.92. The number of hydrogen-bond acceptors (Lipinski definition) is 4. The second-order valence-electron chi connectivity index (χ2n) is 5.83. The summed E-state index contributed by atoms with van der Waals surface area (Å²) in [7, 11) is 0. The molecule has 0 saturated carbocycles. The van der Waals surface area contributed by atoms with Gasteiger partial charge < -0.3 is 14.2 Å². The molecule has 4 heteroatoms. The number of ether oxygens (including phenoxy) is 3. The van der Waals surface area contributed by atoms with Crippen molar-refractivity contribution in [1.29, 1.82) is 0 Å². The molecule has 2 aliphatic heterocycles. The fraction of sp³-hybridized carbons (Fsp3) is 0.500. The summed E-state index contributed by atoms with van der Waals surface area (Å²) in [4.78, 5) is 12.4. The Morgan fingerprint density at radius 1 is 1.27 bits per heavy atom. The zero-order valence-electron chi connectivity index (χ0n) is 12.9. The summed E-state index contributed by atoms with van der Waals surface area (Å²) in [5.74, 6) is -0.0581. The van der Waals surface area contributed by atoms with Gasteiger partial charge in [0, 0.05) is 5.92 Å². The zero-order valence-corrected chi connectivity index (χ0v) is 12.9. The first-order valence-electron chi connectivity index (χ1n) is 7.92. The van der Waals surface area contributed by atoms with Crippen molar-refractivity contribution in [3.05, 3.63) is 47.0 Å². The molecule has 1 fully saturated rings. The standard InChI is InChI=1S/C18H22O4/c1-2-6-17-15-11-20-10-14(15)16(12-21-17)18(19)22-9-13-7-4-3-5-8-13/h3-5,7-8,15,17H,2,6,9-12H2,1H3/t15-,17+/m0/s1. The van der Waals surface area contributed by atoms with Crippen LogP contribution in [0, 0.1) is 5.92 Å². The molecule has 0 amide bonds. The molecule has 118 valence electrons. The van der Waals surface area contributed by atoms with Gasteiger partial charge in [0.15, 0.2) is 0 Å². The van der Waals surface area contributed by atoms with Crippen molar-refractivity contribution in [2.24, 2.45) is 5.92 Å². The summed E-state index contributed by atoms with van der Waals surface area (Å²) in [6.07, 6.45) is 2.25. The number of carbonyl (C=O) groups is 1. The average molecular weight is 302 g/mol. The van der Waals surface area contributed by atoms with Crippen LogP contribution >= 0.6 is 0 Å². The molecule has 0 N–H and O–H groups in total. The molecular formula is C18H22O4. The summed E-state index contributed by atoms with van der Waals surface area (Å²) in [5.41, 5.74) is 2.73. The molecule has 0 aliphatic carbocycles. The van der Waals surface area contributed by atoms with E-state index in [2.05, 4.69) is 6.92 Å². The molecule has 4 nitrogen and oxygen atoms in total. The summed E-state index contributed by atoms with van der Waals surface area (Å²) in [6.45, 7) is 3.96. The number of fused-ring (bicyclic) bond motifs is 1. The Morgan fingerprint density at radius 3 is 2.86 bits per heavy atom. The second-order valence-corrected chi connectivity index (χ2v) is 5.83. The minimum atomic E-state index is -0.274. The van der Waals surface area contributed by atoms with E-state index in [0.29, 0.717) is 32.0 Å². The summed E-state index contributed by atoms with van der Waals surface area (Å²) < 4.78 is 16.9. The van der Waals surface area contributed by atoms with Crippen LogP contribution < -0.4 is 0 Å². The van der Waals surface area contributed by atoms with Crippen molar-refractivity contribution in [3.8, 4) is 0 Å². The van der Waals surface area contributed by atoms with E-state index in [0.717, 1.165) is 24.0 Å². The van der Waals surface area contributed by atoms with Gasteiger partial charge in [-0.1, -0.05) is 43.7 Å². The Morgan fingerprint density at radius 2 is 2.09 bits per heavy atom. The SMILES string of the molecule is CCC[C@H]1OCC(C(=O)OCc2ccccc2)=C2COC[C@@H]21. The van der Waals surface area contributed by atoms with E-state index in [-0.39, 0.29) is 18.0 Å². The molecule has 0 bridgehead atoms. The van der Waals surface area contributed by atoms with Gasteiger partial charge in [0.2, 0.25) is 0 Å². The van der Waals surface area contributed by atoms with Crippen LogP contribution in [0.2, 0.25) is 0 Å². The highest BCUT2D eigenvalue weighted by molar-refractivity contribution is 5.90. The maximum absolute atomic E-state index is 12.4. The molecule has 2 heterocycles. The molecule has 0 radical (unpaired) electrons. The number of esters is 1. The Hall–Kier alpha value is -1.65. The van der Waals surface area contributed by atoms with E-state index in [1.54, 1.807) is 0 Å².